The van der Waals surface area contributed by atoms with Crippen molar-refractivity contribution < 1.29 is 18.7 Å². The summed E-state index contributed by atoms with van der Waals surface area (Å²) < 4.78 is 10.8. The van der Waals surface area contributed by atoms with E-state index in [1.54, 1.807) is 24.3 Å². The van der Waals surface area contributed by atoms with Crippen molar-refractivity contribution in [3.05, 3.63) is 65.2 Å². The molecular weight excluding hydrogens is 332 g/mol. The summed E-state index contributed by atoms with van der Waals surface area (Å²) in [5.41, 5.74) is 1.67. The largest absolute Gasteiger partial charge is 0.465 e. The van der Waals surface area contributed by atoms with Crippen molar-refractivity contribution in [1.29, 1.82) is 0 Å². The van der Waals surface area contributed by atoms with Crippen LogP contribution in [0.5, 0.6) is 0 Å². The van der Waals surface area contributed by atoms with Crippen molar-refractivity contribution in [2.45, 2.75) is 25.9 Å². The van der Waals surface area contributed by atoms with E-state index in [-0.39, 0.29) is 23.6 Å². The number of furan rings is 1. The van der Waals surface area contributed by atoms with Gasteiger partial charge in [-0.05, 0) is 44.0 Å². The van der Waals surface area contributed by atoms with E-state index >= 15 is 0 Å². The predicted molar refractivity (Wildman–Crippen MR) is 97.3 cm³/mol. The number of aryl methyl sites for hydroxylation is 1. The number of hydrogen-bond acceptors (Lipinski definition) is 4. The third-order valence-corrected chi connectivity index (χ3v) is 4.15. The standard InChI is InChI=1S/C20H22N2O4/c1-14-6-8-15(9-7-14)19(23)22-18(12-16-4-2-10-25-16)20(24)21-13-17-5-3-11-26-17/h2,4,6-10,12,17H,3,5,11,13H2,1H3,(H,21,24)(H,22,23)/b18-12-/t17-/m0/s1. The summed E-state index contributed by atoms with van der Waals surface area (Å²) in [6.07, 6.45) is 4.97. The van der Waals surface area contributed by atoms with Gasteiger partial charge in [0.2, 0.25) is 0 Å². The van der Waals surface area contributed by atoms with Gasteiger partial charge in [0, 0.05) is 24.8 Å². The third-order valence-electron chi connectivity index (χ3n) is 4.15. The molecule has 0 radical (unpaired) electrons. The molecule has 2 aromatic rings. The molecule has 26 heavy (non-hydrogen) atoms. The molecule has 1 atom stereocenters. The molecule has 1 fully saturated rings. The number of ether oxygens (including phenoxy) is 1. The second-order valence-corrected chi connectivity index (χ2v) is 6.24. The number of benzene rings is 1. The van der Waals surface area contributed by atoms with Gasteiger partial charge >= 0.3 is 0 Å². The first-order valence-electron chi connectivity index (χ1n) is 8.65. The number of carbonyl (C=O) groups is 2. The average molecular weight is 354 g/mol. The molecule has 1 saturated heterocycles. The number of hydrogen-bond donors (Lipinski definition) is 2. The molecule has 6 heteroatoms. The Hall–Kier alpha value is -2.86. The number of carbonyl (C=O) groups excluding carboxylic acids is 2. The van der Waals surface area contributed by atoms with Gasteiger partial charge in [-0.3, -0.25) is 9.59 Å². The van der Waals surface area contributed by atoms with Crippen LogP contribution in [0, 0.1) is 6.92 Å². The summed E-state index contributed by atoms with van der Waals surface area (Å²) in [5, 5.41) is 5.49. The van der Waals surface area contributed by atoms with Gasteiger partial charge in [0.25, 0.3) is 11.8 Å². The molecule has 0 aliphatic carbocycles. The molecule has 2 N–H and O–H groups in total. The van der Waals surface area contributed by atoms with Crippen molar-refractivity contribution in [3.8, 4) is 0 Å². The minimum Gasteiger partial charge on any atom is -0.465 e. The lowest BCUT2D eigenvalue weighted by Crippen LogP contribution is -2.38. The van der Waals surface area contributed by atoms with Crippen LogP contribution in [0.1, 0.15) is 34.5 Å². The molecule has 1 aliphatic rings. The molecule has 136 valence electrons. The lowest BCUT2D eigenvalue weighted by molar-refractivity contribution is -0.118. The van der Waals surface area contributed by atoms with Crippen LogP contribution in [0.15, 0.2) is 52.8 Å². The van der Waals surface area contributed by atoms with E-state index in [9.17, 15) is 9.59 Å². The molecule has 6 nitrogen and oxygen atoms in total. The minimum absolute atomic E-state index is 0.0246. The van der Waals surface area contributed by atoms with Crippen LogP contribution in [0.4, 0.5) is 0 Å². The molecule has 0 saturated carbocycles. The zero-order valence-electron chi connectivity index (χ0n) is 14.7. The SMILES string of the molecule is Cc1ccc(C(=O)N/C(=C\c2ccco2)C(=O)NC[C@@H]2CCCO2)cc1. The van der Waals surface area contributed by atoms with E-state index in [4.69, 9.17) is 9.15 Å². The normalized spacial score (nSPS) is 17.1. The fourth-order valence-electron chi connectivity index (χ4n) is 2.68. The first kappa shape index (κ1) is 17.9. The first-order valence-corrected chi connectivity index (χ1v) is 8.65. The first-order chi connectivity index (χ1) is 12.6. The van der Waals surface area contributed by atoms with E-state index in [0.717, 1.165) is 25.0 Å². The lowest BCUT2D eigenvalue weighted by Gasteiger charge is -2.13. The molecule has 3 rings (SSSR count). The number of nitrogens with one attached hydrogen (secondary N) is 2. The van der Waals surface area contributed by atoms with Gasteiger partial charge in [0.1, 0.15) is 11.5 Å². The maximum Gasteiger partial charge on any atom is 0.268 e. The van der Waals surface area contributed by atoms with Gasteiger partial charge in [0.05, 0.1) is 12.4 Å². The maximum absolute atomic E-state index is 12.6. The summed E-state index contributed by atoms with van der Waals surface area (Å²) in [6, 6.07) is 10.6. The molecule has 1 aromatic heterocycles. The van der Waals surface area contributed by atoms with Crippen LogP contribution in [0.2, 0.25) is 0 Å². The van der Waals surface area contributed by atoms with Crippen LogP contribution >= 0.6 is 0 Å². The van der Waals surface area contributed by atoms with Crippen LogP contribution < -0.4 is 10.6 Å². The fraction of sp³-hybridized carbons (Fsp3) is 0.300. The molecule has 2 amide bonds. The third kappa shape index (κ3) is 4.83. The average Bonchev–Trinajstić information content (AvgIpc) is 3.33. The van der Waals surface area contributed by atoms with Gasteiger partial charge in [-0.15, -0.1) is 0 Å². The Bertz CT molecular complexity index is 773. The minimum atomic E-state index is -0.377. The van der Waals surface area contributed by atoms with Crippen molar-refractivity contribution >= 4 is 17.9 Å². The summed E-state index contributed by atoms with van der Waals surface area (Å²) in [6.45, 7) is 3.08. The van der Waals surface area contributed by atoms with Crippen LogP contribution in [-0.2, 0) is 9.53 Å². The highest BCUT2D eigenvalue weighted by Crippen LogP contribution is 2.12. The maximum atomic E-state index is 12.6. The smallest absolute Gasteiger partial charge is 0.268 e. The molecular formula is C20H22N2O4. The second-order valence-electron chi connectivity index (χ2n) is 6.24. The lowest BCUT2D eigenvalue weighted by atomic mass is 10.1. The Morgan fingerprint density at radius 3 is 2.69 bits per heavy atom. The zero-order chi connectivity index (χ0) is 18.4. The van der Waals surface area contributed by atoms with Gasteiger partial charge in [-0.25, -0.2) is 0 Å². The predicted octanol–water partition coefficient (Wildman–Crippen LogP) is 2.65. The highest BCUT2D eigenvalue weighted by Gasteiger charge is 2.19. The monoisotopic (exact) mass is 354 g/mol. The molecule has 2 heterocycles. The van der Waals surface area contributed by atoms with E-state index in [1.807, 2.05) is 19.1 Å². The summed E-state index contributed by atoms with van der Waals surface area (Å²) in [7, 11) is 0. The van der Waals surface area contributed by atoms with Crippen molar-refractivity contribution in [3.63, 3.8) is 0 Å². The molecule has 0 spiro atoms. The Balaban J connectivity index is 1.71. The van der Waals surface area contributed by atoms with E-state index < -0.39 is 0 Å². The van der Waals surface area contributed by atoms with E-state index in [0.29, 0.717) is 17.9 Å². The Kier molecular flexibility index (Phi) is 5.86. The highest BCUT2D eigenvalue weighted by molar-refractivity contribution is 6.05. The van der Waals surface area contributed by atoms with Gasteiger partial charge < -0.3 is 19.8 Å². The van der Waals surface area contributed by atoms with Crippen molar-refractivity contribution in [2.75, 3.05) is 13.2 Å². The van der Waals surface area contributed by atoms with E-state index in [1.165, 1.54) is 12.3 Å². The van der Waals surface area contributed by atoms with Crippen LogP contribution in [0.3, 0.4) is 0 Å². The van der Waals surface area contributed by atoms with Crippen LogP contribution in [0.25, 0.3) is 6.08 Å². The Labute approximate surface area is 152 Å². The van der Waals surface area contributed by atoms with Gasteiger partial charge in [0.15, 0.2) is 0 Å². The Morgan fingerprint density at radius 1 is 1.23 bits per heavy atom. The summed E-state index contributed by atoms with van der Waals surface area (Å²) in [4.78, 5) is 25.0. The van der Waals surface area contributed by atoms with Crippen molar-refractivity contribution in [2.24, 2.45) is 0 Å². The zero-order valence-corrected chi connectivity index (χ0v) is 14.7. The van der Waals surface area contributed by atoms with Gasteiger partial charge in [-0.2, -0.15) is 0 Å². The quantitative estimate of drug-likeness (QED) is 0.782. The molecule has 0 unspecified atom stereocenters. The van der Waals surface area contributed by atoms with Gasteiger partial charge in [-0.1, -0.05) is 17.7 Å². The number of amides is 2. The topological polar surface area (TPSA) is 80.6 Å². The molecule has 0 bridgehead atoms. The Morgan fingerprint density at radius 2 is 2.04 bits per heavy atom. The molecule has 1 aliphatic heterocycles. The van der Waals surface area contributed by atoms with Crippen LogP contribution in [-0.4, -0.2) is 31.1 Å². The van der Waals surface area contributed by atoms with E-state index in [2.05, 4.69) is 10.6 Å². The summed E-state index contributed by atoms with van der Waals surface area (Å²) in [5.74, 6) is -0.246. The summed E-state index contributed by atoms with van der Waals surface area (Å²) >= 11 is 0. The molecule has 1 aromatic carbocycles. The van der Waals surface area contributed by atoms with Crippen molar-refractivity contribution in [1.82, 2.24) is 10.6 Å². The number of rotatable bonds is 6. The highest BCUT2D eigenvalue weighted by atomic mass is 16.5. The second kappa shape index (κ2) is 8.49. The fourth-order valence-corrected chi connectivity index (χ4v) is 2.68.